The summed E-state index contributed by atoms with van der Waals surface area (Å²) < 4.78 is 0. The van der Waals surface area contributed by atoms with Crippen LogP contribution in [-0.4, -0.2) is 19.1 Å². The minimum absolute atomic E-state index is 0.115. The summed E-state index contributed by atoms with van der Waals surface area (Å²) in [5.74, 6) is 0. The summed E-state index contributed by atoms with van der Waals surface area (Å²) in [6, 6.07) is 0. The molecule has 1 atom stereocenters. The molecule has 0 aliphatic heterocycles. The number of aliphatic hydroxyl groups excluding tert-OH is 1. The second kappa shape index (κ2) is 3.72. The second-order valence-electron chi connectivity index (χ2n) is 1.49. The van der Waals surface area contributed by atoms with Gasteiger partial charge in [-0.25, -0.2) is 0 Å². The molecule has 0 aliphatic rings. The van der Waals surface area contributed by atoms with Crippen LogP contribution in [0.25, 0.3) is 0 Å². The van der Waals surface area contributed by atoms with E-state index in [4.69, 9.17) is 27.3 Å². The minimum atomic E-state index is -1.57. The maximum absolute atomic E-state index is 8.37. The molecule has 0 fully saturated rings. The van der Waals surface area contributed by atoms with Gasteiger partial charge in [0.15, 0.2) is 0 Å². The van der Waals surface area contributed by atoms with Crippen molar-refractivity contribution in [3.63, 3.8) is 0 Å². The molecular formula is C3H8Cl2OSi. The molecular weight excluding hydrogens is 151 g/mol. The number of rotatable bonds is 2. The van der Waals surface area contributed by atoms with Gasteiger partial charge in [0.2, 0.25) is 7.42 Å². The van der Waals surface area contributed by atoms with Crippen LogP contribution >= 0.6 is 22.2 Å². The van der Waals surface area contributed by atoms with E-state index in [1.165, 1.54) is 0 Å². The van der Waals surface area contributed by atoms with E-state index in [1.54, 1.807) is 0 Å². The summed E-state index contributed by atoms with van der Waals surface area (Å²) in [5, 5.41) is 8.37. The molecule has 1 unspecified atom stereocenters. The first-order valence-electron chi connectivity index (χ1n) is 2.07. The van der Waals surface area contributed by atoms with Gasteiger partial charge in [-0.15, -0.1) is 22.2 Å². The highest BCUT2D eigenvalue weighted by molar-refractivity contribution is 7.34. The zero-order chi connectivity index (χ0) is 5.86. The predicted octanol–water partition coefficient (Wildman–Crippen LogP) is 1.07. The van der Waals surface area contributed by atoms with Crippen molar-refractivity contribution in [2.45, 2.75) is 12.5 Å². The van der Waals surface area contributed by atoms with Crippen LogP contribution in [-0.2, 0) is 0 Å². The summed E-state index contributed by atoms with van der Waals surface area (Å²) >= 11 is 10.9. The van der Waals surface area contributed by atoms with Crippen LogP contribution < -0.4 is 0 Å². The molecule has 1 N–H and O–H groups in total. The highest BCUT2D eigenvalue weighted by Crippen LogP contribution is 2.13. The van der Waals surface area contributed by atoms with Crippen molar-refractivity contribution >= 4 is 29.6 Å². The van der Waals surface area contributed by atoms with E-state index in [9.17, 15) is 0 Å². The average Bonchev–Trinajstić information content (AvgIpc) is 1.65. The van der Waals surface area contributed by atoms with E-state index in [-0.39, 0.29) is 12.1 Å². The topological polar surface area (TPSA) is 20.2 Å². The molecule has 0 aliphatic carbocycles. The fraction of sp³-hybridized carbons (Fsp3) is 1.00. The monoisotopic (exact) mass is 158 g/mol. The molecule has 0 rings (SSSR count). The zero-order valence-electron chi connectivity index (χ0n) is 4.06. The molecule has 0 aromatic heterocycles. The first kappa shape index (κ1) is 7.76. The lowest BCUT2D eigenvalue weighted by Crippen LogP contribution is -2.06. The lowest BCUT2D eigenvalue weighted by atomic mass is 10.5. The molecule has 7 heavy (non-hydrogen) atoms. The fourth-order valence-electron chi connectivity index (χ4n) is 0.0797. The van der Waals surface area contributed by atoms with Gasteiger partial charge in [0.1, 0.15) is 0 Å². The van der Waals surface area contributed by atoms with Crippen LogP contribution in [0.5, 0.6) is 0 Å². The quantitative estimate of drug-likeness (QED) is 0.472. The Morgan fingerprint density at radius 1 is 1.71 bits per heavy atom. The summed E-state index contributed by atoms with van der Waals surface area (Å²) in [7, 11) is -1.57. The van der Waals surface area contributed by atoms with E-state index >= 15 is 0 Å². The van der Waals surface area contributed by atoms with Crippen molar-refractivity contribution < 1.29 is 5.11 Å². The van der Waals surface area contributed by atoms with Crippen LogP contribution in [0.15, 0.2) is 0 Å². The number of hydrogen-bond donors (Lipinski definition) is 1. The third-order valence-corrected chi connectivity index (χ3v) is 4.37. The van der Waals surface area contributed by atoms with Crippen molar-refractivity contribution in [2.24, 2.45) is 0 Å². The Morgan fingerprint density at radius 3 is 2.14 bits per heavy atom. The Kier molecular flexibility index (Phi) is 4.12. The first-order valence-corrected chi connectivity index (χ1v) is 6.23. The molecule has 0 radical (unpaired) electrons. The van der Waals surface area contributed by atoms with Gasteiger partial charge in [-0.2, -0.15) is 0 Å². The molecule has 44 valence electrons. The zero-order valence-corrected chi connectivity index (χ0v) is 6.73. The van der Waals surface area contributed by atoms with Crippen LogP contribution in [0.4, 0.5) is 0 Å². The third-order valence-electron chi connectivity index (χ3n) is 0.718. The van der Waals surface area contributed by atoms with Gasteiger partial charge in [-0.05, 0) is 5.54 Å². The molecule has 0 aromatic carbocycles. The maximum atomic E-state index is 8.37. The van der Waals surface area contributed by atoms with E-state index in [2.05, 4.69) is 0 Å². The molecule has 4 heteroatoms. The predicted molar refractivity (Wildman–Crippen MR) is 35.4 cm³/mol. The minimum Gasteiger partial charge on any atom is -0.396 e. The fourth-order valence-corrected chi connectivity index (χ4v) is 0.717. The van der Waals surface area contributed by atoms with Gasteiger partial charge in [-0.3, -0.25) is 0 Å². The Bertz CT molecular complexity index is 50.2. The van der Waals surface area contributed by atoms with Gasteiger partial charge in [0.25, 0.3) is 0 Å². The molecule has 0 aromatic rings. The lowest BCUT2D eigenvalue weighted by molar-refractivity contribution is 0.294. The number of aliphatic hydroxyl groups is 1. The van der Waals surface area contributed by atoms with Crippen LogP contribution in [0, 0.1) is 0 Å². The van der Waals surface area contributed by atoms with Crippen molar-refractivity contribution in [2.75, 3.05) is 6.61 Å². The molecule has 0 amide bonds. The molecule has 1 nitrogen and oxygen atoms in total. The maximum Gasteiger partial charge on any atom is 0.242 e. The lowest BCUT2D eigenvalue weighted by Gasteiger charge is -2.03. The molecule has 0 saturated heterocycles. The molecule has 0 heterocycles. The van der Waals surface area contributed by atoms with Gasteiger partial charge in [0.05, 0.1) is 0 Å². The second-order valence-corrected chi connectivity index (χ2v) is 6.79. The summed E-state index contributed by atoms with van der Waals surface area (Å²) in [6.07, 6.45) is 0. The molecule has 0 saturated carbocycles. The van der Waals surface area contributed by atoms with Gasteiger partial charge >= 0.3 is 0 Å². The van der Waals surface area contributed by atoms with Crippen molar-refractivity contribution in [1.82, 2.24) is 0 Å². The Balaban J connectivity index is 3.14. The van der Waals surface area contributed by atoms with Crippen LogP contribution in [0.2, 0.25) is 5.54 Å². The Labute approximate surface area is 54.3 Å². The van der Waals surface area contributed by atoms with Gasteiger partial charge in [0, 0.05) is 6.61 Å². The smallest absolute Gasteiger partial charge is 0.242 e. The van der Waals surface area contributed by atoms with Gasteiger partial charge in [-0.1, -0.05) is 6.92 Å². The van der Waals surface area contributed by atoms with E-state index in [1.807, 2.05) is 6.92 Å². The summed E-state index contributed by atoms with van der Waals surface area (Å²) in [4.78, 5) is 0. The highest BCUT2D eigenvalue weighted by Gasteiger charge is 2.10. The molecule has 0 bridgehead atoms. The third kappa shape index (κ3) is 3.35. The van der Waals surface area contributed by atoms with Gasteiger partial charge < -0.3 is 5.11 Å². The Hall–Kier alpha value is 0.757. The van der Waals surface area contributed by atoms with E-state index < -0.39 is 7.42 Å². The van der Waals surface area contributed by atoms with Crippen molar-refractivity contribution in [3.8, 4) is 0 Å². The SMILES string of the molecule is CC(CO)[SiH](Cl)Cl. The highest BCUT2D eigenvalue weighted by atomic mass is 35.7. The van der Waals surface area contributed by atoms with E-state index in [0.29, 0.717) is 0 Å². The van der Waals surface area contributed by atoms with Crippen LogP contribution in [0.1, 0.15) is 6.92 Å². The first-order chi connectivity index (χ1) is 3.18. The van der Waals surface area contributed by atoms with Crippen molar-refractivity contribution in [3.05, 3.63) is 0 Å². The summed E-state index contributed by atoms with van der Waals surface area (Å²) in [5.41, 5.74) is 0.128. The largest absolute Gasteiger partial charge is 0.396 e. The normalized spacial score (nSPS) is 15.0. The van der Waals surface area contributed by atoms with E-state index in [0.717, 1.165) is 0 Å². The van der Waals surface area contributed by atoms with Crippen molar-refractivity contribution in [1.29, 1.82) is 0 Å². The van der Waals surface area contributed by atoms with Crippen LogP contribution in [0.3, 0.4) is 0 Å². The standard InChI is InChI=1S/C3H8Cl2OSi/c1-3(2-6)7(4)5/h3,6-7H,2H2,1H3. The number of halogens is 2. The average molecular weight is 159 g/mol. The summed E-state index contributed by atoms with van der Waals surface area (Å²) in [6.45, 7) is 1.96. The molecule has 0 spiro atoms. The Morgan fingerprint density at radius 2 is 2.14 bits per heavy atom. The number of hydrogen-bond acceptors (Lipinski definition) is 1.